The number of amides is 3. The number of carbonyl (C=O) groups excluding carboxylic acids is 5. The molecule has 3 aromatic rings. The van der Waals surface area contributed by atoms with Crippen molar-refractivity contribution in [3.8, 4) is 17.6 Å². The Morgan fingerprint density at radius 1 is 1.04 bits per heavy atom. The van der Waals surface area contributed by atoms with Gasteiger partial charge in [-0.05, 0) is 45.7 Å². The van der Waals surface area contributed by atoms with E-state index in [9.17, 15) is 47.5 Å². The van der Waals surface area contributed by atoms with Crippen molar-refractivity contribution in [3.63, 3.8) is 0 Å². The van der Waals surface area contributed by atoms with Gasteiger partial charge in [-0.3, -0.25) is 23.7 Å². The fourth-order valence-corrected chi connectivity index (χ4v) is 9.84. The van der Waals surface area contributed by atoms with Gasteiger partial charge in [0.15, 0.2) is 17.9 Å². The summed E-state index contributed by atoms with van der Waals surface area (Å²) in [7, 11) is -15.5. The fraction of sp³-hybridized carbons (Fsp3) is 0.512. The van der Waals surface area contributed by atoms with Crippen molar-refractivity contribution >= 4 is 69.8 Å². The molecule has 0 bridgehead atoms. The predicted molar refractivity (Wildman–Crippen MR) is 258 cm³/mol. The minimum atomic E-state index is -5.75. The number of hydrogen-bond acceptors (Lipinski definition) is 20. The third-order valence-electron chi connectivity index (χ3n) is 9.90. The maximum Gasteiger partial charge on any atom is 0.490 e. The van der Waals surface area contributed by atoms with Gasteiger partial charge < -0.3 is 74.2 Å². The van der Waals surface area contributed by atoms with E-state index in [-0.39, 0.29) is 93.1 Å². The van der Waals surface area contributed by atoms with Gasteiger partial charge in [-0.2, -0.15) is 8.62 Å². The summed E-state index contributed by atoms with van der Waals surface area (Å²) in [6.07, 6.45) is -0.0521. The lowest BCUT2D eigenvalue weighted by Crippen LogP contribution is -2.45. The van der Waals surface area contributed by atoms with Crippen LogP contribution in [0.15, 0.2) is 49.4 Å². The molecule has 1 aromatic carbocycles. The van der Waals surface area contributed by atoms with Crippen LogP contribution in [0.5, 0.6) is 5.75 Å². The summed E-state index contributed by atoms with van der Waals surface area (Å²) in [5.74, 6) is 4.59. The van der Waals surface area contributed by atoms with Crippen molar-refractivity contribution in [2.45, 2.75) is 96.2 Å². The molecule has 1 fully saturated rings. The molecule has 28 nitrogen and oxygen atoms in total. The Kier molecular flexibility index (Phi) is 23.0. The number of fused-ring (bicyclic) bond motifs is 1. The van der Waals surface area contributed by atoms with Crippen molar-refractivity contribution in [2.75, 3.05) is 52.4 Å². The molecule has 7 atom stereocenters. The molecule has 408 valence electrons. The Bertz CT molecular complexity index is 2680. The number of phosphoric acid groups is 3. The maximum atomic E-state index is 13.1. The number of rotatable bonds is 29. The number of nitrogens with two attached hydrogens (primary N) is 1. The fourth-order valence-electron chi connectivity index (χ4n) is 6.81. The molecule has 7 unspecified atom stereocenters. The number of carbonyl (C=O) groups is 5. The van der Waals surface area contributed by atoms with E-state index in [2.05, 4.69) is 53.0 Å². The highest BCUT2D eigenvalue weighted by molar-refractivity contribution is 7.66. The van der Waals surface area contributed by atoms with Crippen LogP contribution in [-0.2, 0) is 64.9 Å². The second-order valence-electron chi connectivity index (χ2n) is 16.9. The van der Waals surface area contributed by atoms with Crippen LogP contribution in [0.4, 0.5) is 10.6 Å². The van der Waals surface area contributed by atoms with Gasteiger partial charge in [0, 0.05) is 51.6 Å². The van der Waals surface area contributed by atoms with Crippen LogP contribution in [0, 0.1) is 11.8 Å². The Balaban J connectivity index is 1.30. The molecule has 9 N–H and O–H groups in total. The minimum absolute atomic E-state index is 0.00655. The van der Waals surface area contributed by atoms with Gasteiger partial charge in [-0.15, -0.1) is 6.58 Å². The van der Waals surface area contributed by atoms with Crippen molar-refractivity contribution in [1.29, 1.82) is 0 Å². The van der Waals surface area contributed by atoms with E-state index in [1.54, 1.807) is 39.0 Å². The number of nitrogens with one attached hydrogen (secondary N) is 3. The van der Waals surface area contributed by atoms with Gasteiger partial charge in [0.25, 0.3) is 0 Å². The summed E-state index contributed by atoms with van der Waals surface area (Å²) < 4.78 is 82.7. The molecule has 1 aliphatic rings. The third kappa shape index (κ3) is 21.0. The number of hydrogen-bond donors (Lipinski definition) is 8. The Morgan fingerprint density at radius 2 is 1.78 bits per heavy atom. The average Bonchev–Trinajstić information content (AvgIpc) is 3.89. The van der Waals surface area contributed by atoms with E-state index in [0.29, 0.717) is 16.5 Å². The van der Waals surface area contributed by atoms with Crippen LogP contribution in [0.2, 0.25) is 0 Å². The van der Waals surface area contributed by atoms with Crippen LogP contribution in [0.25, 0.3) is 11.0 Å². The lowest BCUT2D eigenvalue weighted by Gasteiger charge is -2.23. The van der Waals surface area contributed by atoms with E-state index in [1.807, 2.05) is 0 Å². The third-order valence-corrected chi connectivity index (χ3v) is 13.7. The summed E-state index contributed by atoms with van der Waals surface area (Å²) in [5.41, 5.74) is 6.29. The number of nitrogens with zero attached hydrogens (tertiary/aromatic N) is 3. The summed E-state index contributed by atoms with van der Waals surface area (Å²) in [6.45, 7) is 8.58. The largest absolute Gasteiger partial charge is 0.490 e. The monoisotopic (exact) mass is 1100 g/mol. The van der Waals surface area contributed by atoms with Crippen molar-refractivity contribution in [2.24, 2.45) is 0 Å². The quantitative estimate of drug-likeness (QED) is 0.0163. The molecule has 74 heavy (non-hydrogen) atoms. The van der Waals surface area contributed by atoms with E-state index in [0.717, 1.165) is 0 Å². The van der Waals surface area contributed by atoms with Gasteiger partial charge in [0.1, 0.15) is 54.7 Å². The number of alkyl carbamates (subject to hydrolysis) is 1. The van der Waals surface area contributed by atoms with Crippen LogP contribution in [-0.4, -0.2) is 140 Å². The maximum absolute atomic E-state index is 13.1. The Morgan fingerprint density at radius 3 is 2.46 bits per heavy atom. The number of aromatic nitrogens is 3. The molecule has 2 aromatic heterocycles. The normalized spacial score (nSPS) is 18.1. The highest BCUT2D eigenvalue weighted by Crippen LogP contribution is 2.66. The van der Waals surface area contributed by atoms with Crippen molar-refractivity contribution in [1.82, 2.24) is 30.5 Å². The summed E-state index contributed by atoms with van der Waals surface area (Å²) in [5, 5.41) is 8.08. The highest BCUT2D eigenvalue weighted by Gasteiger charge is 2.43. The first kappa shape index (κ1) is 61.1. The van der Waals surface area contributed by atoms with E-state index >= 15 is 0 Å². The SMILES string of the molecule is C=CCOC(COc1cccc(C(=O)CCCC(=O)C(CCNC(C)=O)NC(=O)OC(C)(C)C)c1)OCC(=O)NCC#Cc1cn(C2CC(OC)C(COP(=O)(O)OP(=O)(O)OP(=O)(O)O)O2)c2ncnc(N)c12. The Hall–Kier alpha value is -5.46. The van der Waals surface area contributed by atoms with E-state index in [4.69, 9.17) is 48.5 Å². The standard InChI is InChI=1S/C43H60N7O21P3/c1-7-19-64-38(25-65-30-13-8-11-28(20-30)32(52)14-9-15-33(53)31(16-18-45-27(2)51)49-42(55)69-43(3,4)5)66-24-36(54)46-17-10-12-29-22-50(41-39(29)40(44)47-26-48-41)37-21-34(63-6)35(68-37)23-67-73(59,60)71-74(61,62)70-72(56,57)58/h7-8,11,13,20,22,26,31,34-35,37-38H,1,9,14-19,21,23-25H2,2-6H3,(H,45,51)(H,46,54)(H,49,55)(H,59,60)(H,61,62)(H2,44,47,48)(H2,56,57,58). The summed E-state index contributed by atoms with van der Waals surface area (Å²) in [6, 6.07) is 5.36. The highest BCUT2D eigenvalue weighted by atomic mass is 31.3. The van der Waals surface area contributed by atoms with Gasteiger partial charge in [0.05, 0.1) is 42.9 Å². The van der Waals surface area contributed by atoms with Crippen LogP contribution >= 0.6 is 23.5 Å². The first-order chi connectivity index (χ1) is 34.7. The van der Waals surface area contributed by atoms with Crippen LogP contribution in [0.3, 0.4) is 0 Å². The zero-order valence-corrected chi connectivity index (χ0v) is 43.6. The number of phosphoric ester groups is 1. The number of ether oxygens (including phenoxy) is 6. The summed E-state index contributed by atoms with van der Waals surface area (Å²) in [4.78, 5) is 108. The number of Topliss-reactive ketones (excluding diaryl/α,β-unsaturated/α-hetero) is 2. The van der Waals surface area contributed by atoms with E-state index in [1.165, 1.54) is 43.3 Å². The number of methoxy groups -OCH3 is 1. The second-order valence-corrected chi connectivity index (χ2v) is 21.3. The molecular weight excluding hydrogens is 1040 g/mol. The van der Waals surface area contributed by atoms with Gasteiger partial charge in [-0.25, -0.2) is 28.5 Å². The minimum Gasteiger partial charge on any atom is -0.488 e. The Labute approximate surface area is 424 Å². The van der Waals surface area contributed by atoms with Crippen molar-refractivity contribution in [3.05, 3.63) is 60.6 Å². The lowest BCUT2D eigenvalue weighted by molar-refractivity contribution is -0.162. The molecule has 1 saturated heterocycles. The molecule has 0 spiro atoms. The molecular formula is C43H60N7O21P3. The van der Waals surface area contributed by atoms with Crippen LogP contribution < -0.4 is 26.4 Å². The number of nitrogen functional groups attached to an aromatic ring is 1. The van der Waals surface area contributed by atoms with Crippen LogP contribution in [0.1, 0.15) is 81.9 Å². The molecule has 1 aliphatic heterocycles. The molecule has 0 aliphatic carbocycles. The van der Waals surface area contributed by atoms with Gasteiger partial charge in [-0.1, -0.05) is 30.0 Å². The first-order valence-electron chi connectivity index (χ1n) is 22.4. The lowest BCUT2D eigenvalue weighted by atomic mass is 10.0. The smallest absolute Gasteiger partial charge is 0.488 e. The molecule has 4 rings (SSSR count). The number of ketones is 2. The zero-order chi connectivity index (χ0) is 54.9. The van der Waals surface area contributed by atoms with Gasteiger partial charge in [0.2, 0.25) is 11.8 Å². The molecule has 0 radical (unpaired) electrons. The molecule has 3 amide bonds. The number of anilines is 1. The second kappa shape index (κ2) is 27.9. The first-order valence-corrected chi connectivity index (χ1v) is 26.9. The predicted octanol–water partition coefficient (Wildman–Crippen LogP) is 3.09. The van der Waals surface area contributed by atoms with E-state index < -0.39 is 85.1 Å². The molecule has 3 heterocycles. The van der Waals surface area contributed by atoms with Crippen molar-refractivity contribution < 1.29 is 98.8 Å². The topological polar surface area (TPSA) is 393 Å². The number of benzene rings is 1. The molecule has 31 heteroatoms. The summed E-state index contributed by atoms with van der Waals surface area (Å²) >= 11 is 0. The van der Waals surface area contributed by atoms with Gasteiger partial charge >= 0.3 is 29.6 Å². The molecule has 0 saturated carbocycles. The zero-order valence-electron chi connectivity index (χ0n) is 40.9. The average molecular weight is 1100 g/mol.